The fraction of sp³-hybridized carbons (Fsp3) is 0.333. The van der Waals surface area contributed by atoms with Gasteiger partial charge in [-0.2, -0.15) is 17.7 Å². The number of hydrogen-bond acceptors (Lipinski definition) is 6. The first kappa shape index (κ1) is 20.9. The quantitative estimate of drug-likeness (QED) is 0.480. The van der Waals surface area contributed by atoms with Crippen LogP contribution in [0.1, 0.15) is 28.7 Å². The molecule has 0 spiro atoms. The molecule has 3 rings (SSSR count). The highest BCUT2D eigenvalue weighted by Gasteiger charge is 2.24. The molecule has 0 fully saturated rings. The first-order chi connectivity index (χ1) is 13.9. The van der Waals surface area contributed by atoms with Gasteiger partial charge >= 0.3 is 5.97 Å². The second kappa shape index (κ2) is 8.65. The number of ether oxygens (including phenoxy) is 1. The van der Waals surface area contributed by atoms with Crippen molar-refractivity contribution in [2.24, 2.45) is 7.05 Å². The number of thiol groups is 1. The highest BCUT2D eigenvalue weighted by atomic mass is 32.1. The maximum atomic E-state index is 13.1. The lowest BCUT2D eigenvalue weighted by atomic mass is 10.0. The van der Waals surface area contributed by atoms with Crippen molar-refractivity contribution in [3.8, 4) is 11.3 Å². The van der Waals surface area contributed by atoms with E-state index in [1.807, 2.05) is 45.2 Å². The monoisotopic (exact) mass is 412 g/mol. The Morgan fingerprint density at radius 3 is 2.62 bits per heavy atom. The molecule has 0 saturated carbocycles. The molecule has 1 amide bonds. The average molecular weight is 413 g/mol. The van der Waals surface area contributed by atoms with Gasteiger partial charge in [0.1, 0.15) is 6.04 Å². The van der Waals surface area contributed by atoms with Crippen LogP contribution in [-0.2, 0) is 16.6 Å². The van der Waals surface area contributed by atoms with E-state index >= 15 is 0 Å². The molecule has 3 aromatic rings. The number of fused-ring (bicyclic) bond motifs is 1. The summed E-state index contributed by atoms with van der Waals surface area (Å²) in [6, 6.07) is 8.34. The van der Waals surface area contributed by atoms with E-state index in [0.717, 1.165) is 17.0 Å². The lowest BCUT2D eigenvalue weighted by molar-refractivity contribution is -0.144. The van der Waals surface area contributed by atoms with E-state index in [2.05, 4.69) is 23.0 Å². The zero-order valence-electron chi connectivity index (χ0n) is 16.9. The molecule has 0 aliphatic rings. The number of aromatic nitrogens is 3. The minimum Gasteiger partial charge on any atom is -0.464 e. The van der Waals surface area contributed by atoms with Crippen molar-refractivity contribution < 1.29 is 14.3 Å². The first-order valence-electron chi connectivity index (χ1n) is 9.36. The van der Waals surface area contributed by atoms with Crippen LogP contribution in [0.25, 0.3) is 22.2 Å². The maximum Gasteiger partial charge on any atom is 0.329 e. The third-order valence-electron chi connectivity index (χ3n) is 4.78. The van der Waals surface area contributed by atoms with Crippen LogP contribution in [0.2, 0.25) is 0 Å². The number of rotatable bonds is 6. The Hall–Kier alpha value is -2.87. The molecule has 29 heavy (non-hydrogen) atoms. The van der Waals surface area contributed by atoms with Gasteiger partial charge in [-0.15, -0.1) is 0 Å². The number of aryl methyl sites for hydroxylation is 2. The summed E-state index contributed by atoms with van der Waals surface area (Å²) >= 11 is 4.18. The molecule has 0 unspecified atom stereocenters. The van der Waals surface area contributed by atoms with Gasteiger partial charge in [-0.3, -0.25) is 9.48 Å². The Balaban J connectivity index is 2.09. The smallest absolute Gasteiger partial charge is 0.329 e. The van der Waals surface area contributed by atoms with Crippen LogP contribution in [0.4, 0.5) is 0 Å². The standard InChI is InChI=1S/C21H24N4O3S/c1-5-28-21(27)18(11-29)23-20(26)15-10-17(19-12(2)24-25(4)13(19)3)22-16-9-7-6-8-14(15)16/h6-10,18,29H,5,11H2,1-4H3,(H,23,26)/t18-/m0/s1. The van der Waals surface area contributed by atoms with Crippen molar-refractivity contribution in [1.29, 1.82) is 0 Å². The van der Waals surface area contributed by atoms with Crippen molar-refractivity contribution >= 4 is 35.4 Å². The molecule has 8 heteroatoms. The number of amides is 1. The molecule has 2 heterocycles. The van der Waals surface area contributed by atoms with Crippen molar-refractivity contribution in [1.82, 2.24) is 20.1 Å². The summed E-state index contributed by atoms with van der Waals surface area (Å²) in [5, 5.41) is 7.89. The van der Waals surface area contributed by atoms with E-state index in [1.165, 1.54) is 0 Å². The van der Waals surface area contributed by atoms with E-state index in [-0.39, 0.29) is 18.3 Å². The second-order valence-electron chi connectivity index (χ2n) is 6.70. The van der Waals surface area contributed by atoms with E-state index in [4.69, 9.17) is 9.72 Å². The highest BCUT2D eigenvalue weighted by Crippen LogP contribution is 2.29. The first-order valence-corrected chi connectivity index (χ1v) is 9.99. The minimum atomic E-state index is -0.831. The Morgan fingerprint density at radius 1 is 1.28 bits per heavy atom. The number of benzene rings is 1. The highest BCUT2D eigenvalue weighted by molar-refractivity contribution is 7.80. The van der Waals surface area contributed by atoms with Gasteiger partial charge in [0.25, 0.3) is 5.91 Å². The molecule has 0 aliphatic heterocycles. The predicted molar refractivity (Wildman–Crippen MR) is 115 cm³/mol. The predicted octanol–water partition coefficient (Wildman–Crippen LogP) is 2.84. The molecule has 0 saturated heterocycles. The molecule has 0 bridgehead atoms. The maximum absolute atomic E-state index is 13.1. The summed E-state index contributed by atoms with van der Waals surface area (Å²) in [6.07, 6.45) is 0. The minimum absolute atomic E-state index is 0.140. The van der Waals surface area contributed by atoms with Crippen LogP contribution in [0.15, 0.2) is 30.3 Å². The van der Waals surface area contributed by atoms with Crippen molar-refractivity contribution in [3.05, 3.63) is 47.3 Å². The molecule has 1 atom stereocenters. The SMILES string of the molecule is CCOC(=O)[C@H](CS)NC(=O)c1cc(-c2c(C)nn(C)c2C)nc2ccccc12. The van der Waals surface area contributed by atoms with Crippen LogP contribution >= 0.6 is 12.6 Å². The van der Waals surface area contributed by atoms with Crippen LogP contribution < -0.4 is 5.32 Å². The summed E-state index contributed by atoms with van der Waals surface area (Å²) in [5.74, 6) is -0.745. The summed E-state index contributed by atoms with van der Waals surface area (Å²) in [7, 11) is 1.87. The Bertz CT molecular complexity index is 1080. The van der Waals surface area contributed by atoms with Gasteiger partial charge in [0, 0.05) is 29.4 Å². The van der Waals surface area contributed by atoms with Gasteiger partial charge in [0.2, 0.25) is 0 Å². The number of nitrogens with zero attached hydrogens (tertiary/aromatic N) is 3. The van der Waals surface area contributed by atoms with Gasteiger partial charge in [-0.1, -0.05) is 18.2 Å². The number of nitrogens with one attached hydrogen (secondary N) is 1. The van der Waals surface area contributed by atoms with E-state index < -0.39 is 12.0 Å². The van der Waals surface area contributed by atoms with E-state index in [0.29, 0.717) is 22.2 Å². The fourth-order valence-corrected chi connectivity index (χ4v) is 3.53. The van der Waals surface area contributed by atoms with Crippen molar-refractivity contribution in [3.63, 3.8) is 0 Å². The largest absolute Gasteiger partial charge is 0.464 e. The van der Waals surface area contributed by atoms with Gasteiger partial charge < -0.3 is 10.1 Å². The Morgan fingerprint density at radius 2 is 2.00 bits per heavy atom. The zero-order chi connectivity index (χ0) is 21.1. The molecule has 7 nitrogen and oxygen atoms in total. The molecule has 0 radical (unpaired) electrons. The van der Waals surface area contributed by atoms with Crippen molar-refractivity contribution in [2.45, 2.75) is 26.8 Å². The summed E-state index contributed by atoms with van der Waals surface area (Å²) in [6.45, 7) is 5.83. The number of carbonyl (C=O) groups excluding carboxylic acids is 2. The molecule has 1 N–H and O–H groups in total. The van der Waals surface area contributed by atoms with Gasteiger partial charge in [-0.25, -0.2) is 9.78 Å². The zero-order valence-corrected chi connectivity index (χ0v) is 17.8. The van der Waals surface area contributed by atoms with Crippen LogP contribution in [0.5, 0.6) is 0 Å². The molecule has 1 aromatic carbocycles. The summed E-state index contributed by atoms with van der Waals surface area (Å²) in [4.78, 5) is 29.9. The lowest BCUT2D eigenvalue weighted by Crippen LogP contribution is -2.43. The third kappa shape index (κ3) is 4.12. The molecule has 2 aromatic heterocycles. The number of esters is 1. The Kier molecular flexibility index (Phi) is 6.22. The number of para-hydroxylation sites is 1. The van der Waals surface area contributed by atoms with E-state index in [9.17, 15) is 9.59 Å². The van der Waals surface area contributed by atoms with Crippen LogP contribution in [0.3, 0.4) is 0 Å². The van der Waals surface area contributed by atoms with Gasteiger partial charge in [0.05, 0.1) is 29.1 Å². The van der Waals surface area contributed by atoms with Gasteiger partial charge in [-0.05, 0) is 32.9 Å². The van der Waals surface area contributed by atoms with E-state index in [1.54, 1.807) is 17.7 Å². The Labute approximate surface area is 174 Å². The number of hydrogen-bond donors (Lipinski definition) is 2. The number of pyridine rings is 1. The van der Waals surface area contributed by atoms with Crippen LogP contribution in [0, 0.1) is 13.8 Å². The number of carbonyl (C=O) groups is 2. The second-order valence-corrected chi connectivity index (χ2v) is 7.07. The molecule has 0 aliphatic carbocycles. The third-order valence-corrected chi connectivity index (χ3v) is 5.15. The molecular formula is C21H24N4O3S. The normalized spacial score (nSPS) is 12.0. The lowest BCUT2D eigenvalue weighted by Gasteiger charge is -2.16. The average Bonchev–Trinajstić information content (AvgIpc) is 2.96. The van der Waals surface area contributed by atoms with Gasteiger partial charge in [0.15, 0.2) is 0 Å². The topological polar surface area (TPSA) is 86.1 Å². The summed E-state index contributed by atoms with van der Waals surface area (Å²) in [5.41, 5.74) is 4.47. The molecular weight excluding hydrogens is 388 g/mol. The molecule has 152 valence electrons. The van der Waals surface area contributed by atoms with Crippen LogP contribution in [-0.4, -0.2) is 45.0 Å². The summed E-state index contributed by atoms with van der Waals surface area (Å²) < 4.78 is 6.81. The van der Waals surface area contributed by atoms with Crippen molar-refractivity contribution in [2.75, 3.05) is 12.4 Å². The fourth-order valence-electron chi connectivity index (χ4n) is 3.29.